The van der Waals surface area contributed by atoms with Crippen molar-refractivity contribution in [2.24, 2.45) is 0 Å². The molecule has 0 aromatic rings. The van der Waals surface area contributed by atoms with Crippen molar-refractivity contribution in [1.82, 2.24) is 0 Å². The Bertz CT molecular complexity index is 122. The highest BCUT2D eigenvalue weighted by Gasteiger charge is 1.94. The molecule has 7 heteroatoms. The second-order valence-corrected chi connectivity index (χ2v) is 1.96. The third kappa shape index (κ3) is 418. The minimum absolute atomic E-state index is 0. The standard InChI is InChI=1S/C2H4O.H2O4S.H2O/c1-2-3-1;1-5(2,3)4;/h1-2H2;(H2,1,2,3,4);1H2. The Kier molecular flexibility index (Phi) is 5.98. The molecule has 0 bridgehead atoms. The van der Waals surface area contributed by atoms with Gasteiger partial charge in [-0.1, -0.05) is 0 Å². The van der Waals surface area contributed by atoms with Gasteiger partial charge in [-0.2, -0.15) is 8.42 Å². The van der Waals surface area contributed by atoms with Gasteiger partial charge >= 0.3 is 10.4 Å². The van der Waals surface area contributed by atoms with Crippen LogP contribution in [0, 0.1) is 0 Å². The second-order valence-electron chi connectivity index (χ2n) is 1.06. The van der Waals surface area contributed by atoms with Gasteiger partial charge in [-0.05, 0) is 0 Å². The number of hydrogen-bond donors (Lipinski definition) is 2. The fourth-order valence-electron chi connectivity index (χ4n) is 0. The van der Waals surface area contributed by atoms with Crippen LogP contribution in [-0.4, -0.2) is 36.2 Å². The zero-order valence-electron chi connectivity index (χ0n) is 4.44. The smallest absolute Gasteiger partial charge is 0.394 e. The Morgan fingerprint density at radius 2 is 1.33 bits per heavy atom. The molecule has 4 N–H and O–H groups in total. The Morgan fingerprint density at radius 3 is 1.33 bits per heavy atom. The van der Waals surface area contributed by atoms with E-state index in [2.05, 4.69) is 4.74 Å². The number of ether oxygens (including phenoxy) is 1. The summed E-state index contributed by atoms with van der Waals surface area (Å²) in [6.07, 6.45) is 0. The van der Waals surface area contributed by atoms with Crippen molar-refractivity contribution in [1.29, 1.82) is 0 Å². The molecule has 0 radical (unpaired) electrons. The SMILES string of the molecule is C1CO1.O.O=S(=O)(O)O. The van der Waals surface area contributed by atoms with E-state index in [0.29, 0.717) is 0 Å². The summed E-state index contributed by atoms with van der Waals surface area (Å²) in [4.78, 5) is 0. The highest BCUT2D eigenvalue weighted by Crippen LogP contribution is 1.84. The first-order valence-electron chi connectivity index (χ1n) is 1.78. The van der Waals surface area contributed by atoms with Gasteiger partial charge in [0.1, 0.15) is 0 Å². The molecule has 1 rings (SSSR count). The third-order valence-corrected chi connectivity index (χ3v) is 0.204. The molecule has 9 heavy (non-hydrogen) atoms. The first-order valence-corrected chi connectivity index (χ1v) is 3.17. The van der Waals surface area contributed by atoms with Crippen LogP contribution in [0.1, 0.15) is 0 Å². The van der Waals surface area contributed by atoms with Crippen LogP contribution < -0.4 is 0 Å². The summed E-state index contributed by atoms with van der Waals surface area (Å²) in [6.45, 7) is 2.00. The van der Waals surface area contributed by atoms with E-state index in [4.69, 9.17) is 17.5 Å². The summed E-state index contributed by atoms with van der Waals surface area (Å²) in [7, 11) is -4.67. The summed E-state index contributed by atoms with van der Waals surface area (Å²) in [6, 6.07) is 0. The Morgan fingerprint density at radius 1 is 1.22 bits per heavy atom. The Labute approximate surface area is 52.3 Å². The van der Waals surface area contributed by atoms with Crippen LogP contribution in [0.15, 0.2) is 0 Å². The molecule has 1 aliphatic heterocycles. The largest absolute Gasteiger partial charge is 0.412 e. The molecular formula is C2H8O6S. The number of epoxide rings is 1. The maximum atomic E-state index is 8.74. The molecule has 0 aromatic heterocycles. The van der Waals surface area contributed by atoms with Gasteiger partial charge in [-0.15, -0.1) is 0 Å². The van der Waals surface area contributed by atoms with E-state index >= 15 is 0 Å². The van der Waals surface area contributed by atoms with Gasteiger partial charge in [0, 0.05) is 0 Å². The highest BCUT2D eigenvalue weighted by molar-refractivity contribution is 7.79. The van der Waals surface area contributed by atoms with E-state index in [9.17, 15) is 0 Å². The number of rotatable bonds is 0. The first-order chi connectivity index (χ1) is 3.50. The molecule has 0 spiro atoms. The fourth-order valence-corrected chi connectivity index (χ4v) is 0. The topological polar surface area (TPSA) is 119 Å². The van der Waals surface area contributed by atoms with Crippen LogP contribution in [0.4, 0.5) is 0 Å². The predicted molar refractivity (Wildman–Crippen MR) is 28.6 cm³/mol. The molecule has 0 atom stereocenters. The Balaban J connectivity index is 0. The zero-order valence-corrected chi connectivity index (χ0v) is 5.26. The molecule has 6 nitrogen and oxygen atoms in total. The summed E-state index contributed by atoms with van der Waals surface area (Å²) < 4.78 is 36.1. The average Bonchev–Trinajstić information content (AvgIpc) is 1.95. The van der Waals surface area contributed by atoms with E-state index in [1.54, 1.807) is 0 Å². The van der Waals surface area contributed by atoms with Gasteiger partial charge in [0.25, 0.3) is 0 Å². The van der Waals surface area contributed by atoms with Crippen molar-refractivity contribution in [2.75, 3.05) is 13.2 Å². The van der Waals surface area contributed by atoms with Crippen LogP contribution in [0.25, 0.3) is 0 Å². The van der Waals surface area contributed by atoms with Crippen LogP contribution in [0.3, 0.4) is 0 Å². The van der Waals surface area contributed by atoms with Crippen LogP contribution in [-0.2, 0) is 15.1 Å². The monoisotopic (exact) mass is 160 g/mol. The lowest BCUT2D eigenvalue weighted by molar-refractivity contribution is 0.381. The van der Waals surface area contributed by atoms with Gasteiger partial charge in [-0.3, -0.25) is 9.11 Å². The highest BCUT2D eigenvalue weighted by atomic mass is 32.3. The maximum Gasteiger partial charge on any atom is 0.394 e. The predicted octanol–water partition coefficient (Wildman–Crippen LogP) is -1.46. The quantitative estimate of drug-likeness (QED) is 0.331. The molecular weight excluding hydrogens is 152 g/mol. The minimum atomic E-state index is -4.67. The van der Waals surface area contributed by atoms with E-state index in [1.165, 1.54) is 0 Å². The first kappa shape index (κ1) is 11.6. The van der Waals surface area contributed by atoms with Gasteiger partial charge in [0.2, 0.25) is 0 Å². The van der Waals surface area contributed by atoms with Crippen molar-refractivity contribution in [3.8, 4) is 0 Å². The Hall–Kier alpha value is -0.210. The van der Waals surface area contributed by atoms with E-state index in [1.807, 2.05) is 0 Å². The second kappa shape index (κ2) is 4.65. The molecule has 0 aromatic carbocycles. The van der Waals surface area contributed by atoms with Crippen molar-refractivity contribution in [3.05, 3.63) is 0 Å². The molecule has 0 amide bonds. The lowest BCUT2D eigenvalue weighted by Crippen LogP contribution is -1.89. The minimum Gasteiger partial charge on any atom is -0.412 e. The van der Waals surface area contributed by atoms with Gasteiger partial charge in [0.15, 0.2) is 0 Å². The molecule has 0 saturated carbocycles. The van der Waals surface area contributed by atoms with Crippen molar-refractivity contribution in [3.63, 3.8) is 0 Å². The van der Waals surface area contributed by atoms with Crippen LogP contribution in [0.2, 0.25) is 0 Å². The van der Waals surface area contributed by atoms with Gasteiger partial charge in [-0.25, -0.2) is 0 Å². The molecule has 58 valence electrons. The molecule has 1 saturated heterocycles. The van der Waals surface area contributed by atoms with Crippen molar-refractivity contribution in [2.45, 2.75) is 0 Å². The molecule has 1 fully saturated rings. The van der Waals surface area contributed by atoms with Gasteiger partial charge < -0.3 is 10.2 Å². The molecule has 0 aliphatic carbocycles. The number of hydrogen-bond acceptors (Lipinski definition) is 3. The molecule has 1 aliphatic rings. The van der Waals surface area contributed by atoms with E-state index in [-0.39, 0.29) is 5.48 Å². The summed E-state index contributed by atoms with van der Waals surface area (Å²) in [5.41, 5.74) is 0. The van der Waals surface area contributed by atoms with Crippen LogP contribution >= 0.6 is 0 Å². The van der Waals surface area contributed by atoms with E-state index < -0.39 is 10.4 Å². The summed E-state index contributed by atoms with van der Waals surface area (Å²) >= 11 is 0. The van der Waals surface area contributed by atoms with E-state index in [0.717, 1.165) is 13.2 Å². The third-order valence-electron chi connectivity index (χ3n) is 0.204. The lowest BCUT2D eigenvalue weighted by Gasteiger charge is -1.68. The van der Waals surface area contributed by atoms with Crippen molar-refractivity contribution >= 4 is 10.4 Å². The fraction of sp³-hybridized carbons (Fsp3) is 1.00. The summed E-state index contributed by atoms with van der Waals surface area (Å²) in [5, 5.41) is 0. The molecule has 0 unspecified atom stereocenters. The summed E-state index contributed by atoms with van der Waals surface area (Å²) in [5.74, 6) is 0. The normalized spacial score (nSPS) is 14.4. The molecule has 1 heterocycles. The van der Waals surface area contributed by atoms with Gasteiger partial charge in [0.05, 0.1) is 13.2 Å². The lowest BCUT2D eigenvalue weighted by atomic mass is 11.0. The van der Waals surface area contributed by atoms with Crippen molar-refractivity contribution < 1.29 is 27.7 Å². The van der Waals surface area contributed by atoms with Crippen LogP contribution in [0.5, 0.6) is 0 Å². The zero-order chi connectivity index (χ0) is 6.62. The average molecular weight is 160 g/mol. The maximum absolute atomic E-state index is 8.74.